The molecule has 0 unspecified atom stereocenters. The van der Waals surface area contributed by atoms with Crippen molar-refractivity contribution in [3.63, 3.8) is 0 Å². The molecule has 196 valence electrons. The number of halogens is 3. The van der Waals surface area contributed by atoms with Crippen LogP contribution < -0.4 is 16.3 Å². The molecule has 39 heavy (non-hydrogen) atoms. The summed E-state index contributed by atoms with van der Waals surface area (Å²) >= 11 is 0. The molecule has 10 nitrogen and oxygen atoms in total. The number of nitrogens with one attached hydrogen (secondary N) is 2. The van der Waals surface area contributed by atoms with Gasteiger partial charge in [0.25, 0.3) is 5.91 Å². The first-order chi connectivity index (χ1) is 18.6. The van der Waals surface area contributed by atoms with Gasteiger partial charge in [-0.2, -0.15) is 23.1 Å². The monoisotopic (exact) mass is 532 g/mol. The molecule has 0 spiro atoms. The van der Waals surface area contributed by atoms with Crippen LogP contribution in [-0.2, 0) is 6.18 Å². The lowest BCUT2D eigenvalue weighted by Crippen LogP contribution is -2.25. The molecule has 0 saturated carbocycles. The Labute approximate surface area is 218 Å². The Bertz CT molecular complexity index is 1770. The molecule has 0 aliphatic rings. The summed E-state index contributed by atoms with van der Waals surface area (Å²) in [5.74, 6) is -0.523. The molecular formula is C26H19F3N8O2. The van der Waals surface area contributed by atoms with Crippen LogP contribution >= 0.6 is 0 Å². The highest BCUT2D eigenvalue weighted by Gasteiger charge is 2.31. The van der Waals surface area contributed by atoms with Gasteiger partial charge in [-0.1, -0.05) is 12.1 Å². The molecule has 5 aromatic rings. The Kier molecular flexibility index (Phi) is 6.48. The predicted molar refractivity (Wildman–Crippen MR) is 137 cm³/mol. The van der Waals surface area contributed by atoms with E-state index in [0.29, 0.717) is 28.0 Å². The molecule has 0 aliphatic heterocycles. The zero-order valence-corrected chi connectivity index (χ0v) is 20.5. The summed E-state index contributed by atoms with van der Waals surface area (Å²) in [5.41, 5.74) is 0.944. The van der Waals surface area contributed by atoms with Crippen LogP contribution in [0.25, 0.3) is 16.7 Å². The quantitative estimate of drug-likeness (QED) is 0.336. The van der Waals surface area contributed by atoms with Gasteiger partial charge in [-0.05, 0) is 49.7 Å². The molecule has 5 rings (SSSR count). The summed E-state index contributed by atoms with van der Waals surface area (Å²) in [6.45, 7) is 3.48. The fourth-order valence-electron chi connectivity index (χ4n) is 3.92. The summed E-state index contributed by atoms with van der Waals surface area (Å²) in [5, 5.41) is 6.05. The molecule has 0 aliphatic carbocycles. The van der Waals surface area contributed by atoms with Crippen LogP contribution in [0, 0.1) is 13.8 Å². The summed E-state index contributed by atoms with van der Waals surface area (Å²) in [7, 11) is 0. The number of aryl methyl sites for hydroxylation is 2. The van der Waals surface area contributed by atoms with E-state index < -0.39 is 23.3 Å². The SMILES string of the molecule is Cc1ccc(NC(=O)c2cccc(C(F)(F)F)c2)cc1-n1c(C)c2cnc(Nc3cncnc3)nc2nc1=O. The van der Waals surface area contributed by atoms with Crippen molar-refractivity contribution < 1.29 is 18.0 Å². The number of anilines is 3. The molecule has 0 bridgehead atoms. The molecular weight excluding hydrogens is 513 g/mol. The number of aromatic nitrogens is 6. The minimum absolute atomic E-state index is 0.156. The highest BCUT2D eigenvalue weighted by Crippen LogP contribution is 2.30. The second-order valence-corrected chi connectivity index (χ2v) is 8.53. The third kappa shape index (κ3) is 5.28. The number of fused-ring (bicyclic) bond motifs is 1. The number of hydrogen-bond donors (Lipinski definition) is 2. The maximum atomic E-state index is 13.1. The third-order valence-corrected chi connectivity index (χ3v) is 5.86. The van der Waals surface area contributed by atoms with Gasteiger partial charge in [0, 0.05) is 23.1 Å². The van der Waals surface area contributed by atoms with Crippen molar-refractivity contribution >= 4 is 34.3 Å². The van der Waals surface area contributed by atoms with Gasteiger partial charge in [-0.25, -0.2) is 19.7 Å². The summed E-state index contributed by atoms with van der Waals surface area (Å²) in [6, 6.07) is 8.94. The number of carbonyl (C=O) groups excluding carboxylic acids is 1. The van der Waals surface area contributed by atoms with Crippen LogP contribution in [0.2, 0.25) is 0 Å². The van der Waals surface area contributed by atoms with E-state index in [1.165, 1.54) is 29.2 Å². The summed E-state index contributed by atoms with van der Waals surface area (Å²) < 4.78 is 40.5. The summed E-state index contributed by atoms with van der Waals surface area (Å²) in [6.07, 6.45) is 1.41. The molecule has 3 aromatic heterocycles. The number of carbonyl (C=O) groups is 1. The van der Waals surface area contributed by atoms with Crippen LogP contribution in [0.5, 0.6) is 0 Å². The fraction of sp³-hybridized carbons (Fsp3) is 0.115. The number of benzene rings is 2. The van der Waals surface area contributed by atoms with E-state index in [2.05, 4.69) is 35.6 Å². The van der Waals surface area contributed by atoms with Crippen LogP contribution in [-0.4, -0.2) is 35.4 Å². The largest absolute Gasteiger partial charge is 0.416 e. The second kappa shape index (κ2) is 9.93. The van der Waals surface area contributed by atoms with Gasteiger partial charge in [0.05, 0.1) is 34.7 Å². The molecule has 13 heteroatoms. The number of amides is 1. The zero-order chi connectivity index (χ0) is 27.7. The molecule has 0 atom stereocenters. The Morgan fingerprint density at radius 1 is 0.949 bits per heavy atom. The maximum Gasteiger partial charge on any atom is 0.416 e. The van der Waals surface area contributed by atoms with Crippen molar-refractivity contribution in [2.45, 2.75) is 20.0 Å². The Hall–Kier alpha value is -5.20. The molecule has 1 amide bonds. The molecule has 3 heterocycles. The predicted octanol–water partition coefficient (Wildman–Crippen LogP) is 4.60. The van der Waals surface area contributed by atoms with Gasteiger partial charge in [0.2, 0.25) is 5.95 Å². The first kappa shape index (κ1) is 25.4. The van der Waals surface area contributed by atoms with E-state index in [0.717, 1.165) is 12.1 Å². The minimum Gasteiger partial charge on any atom is -0.322 e. The minimum atomic E-state index is -4.58. The van der Waals surface area contributed by atoms with Gasteiger partial charge in [0.15, 0.2) is 5.65 Å². The maximum absolute atomic E-state index is 13.1. The number of nitrogens with zero attached hydrogens (tertiary/aromatic N) is 6. The van der Waals surface area contributed by atoms with Crippen molar-refractivity contribution in [1.29, 1.82) is 0 Å². The average molecular weight is 532 g/mol. The molecule has 0 fully saturated rings. The van der Waals surface area contributed by atoms with Gasteiger partial charge >= 0.3 is 11.9 Å². The normalized spacial score (nSPS) is 11.4. The van der Waals surface area contributed by atoms with Crippen molar-refractivity contribution in [2.24, 2.45) is 0 Å². The molecule has 2 aromatic carbocycles. The van der Waals surface area contributed by atoms with Crippen molar-refractivity contribution in [3.05, 3.63) is 100 Å². The van der Waals surface area contributed by atoms with Gasteiger partial charge in [-0.3, -0.25) is 9.36 Å². The molecule has 0 saturated heterocycles. The lowest BCUT2D eigenvalue weighted by molar-refractivity contribution is -0.137. The van der Waals surface area contributed by atoms with Crippen molar-refractivity contribution in [3.8, 4) is 5.69 Å². The van der Waals surface area contributed by atoms with Crippen LogP contribution in [0.15, 0.2) is 72.2 Å². The second-order valence-electron chi connectivity index (χ2n) is 8.53. The topological polar surface area (TPSA) is 128 Å². The smallest absolute Gasteiger partial charge is 0.322 e. The summed E-state index contributed by atoms with van der Waals surface area (Å²) in [4.78, 5) is 46.4. The molecule has 0 radical (unpaired) electrons. The number of alkyl halides is 3. The highest BCUT2D eigenvalue weighted by molar-refractivity contribution is 6.04. The first-order valence-electron chi connectivity index (χ1n) is 11.5. The van der Waals surface area contributed by atoms with E-state index in [4.69, 9.17) is 0 Å². The highest BCUT2D eigenvalue weighted by atomic mass is 19.4. The molecule has 2 N–H and O–H groups in total. The first-order valence-corrected chi connectivity index (χ1v) is 11.5. The Morgan fingerprint density at radius 2 is 1.72 bits per heavy atom. The fourth-order valence-corrected chi connectivity index (χ4v) is 3.92. The third-order valence-electron chi connectivity index (χ3n) is 5.86. The van der Waals surface area contributed by atoms with E-state index >= 15 is 0 Å². The van der Waals surface area contributed by atoms with Gasteiger partial charge in [0.1, 0.15) is 6.33 Å². The van der Waals surface area contributed by atoms with Gasteiger partial charge in [-0.15, -0.1) is 0 Å². The van der Waals surface area contributed by atoms with Crippen molar-refractivity contribution in [1.82, 2.24) is 29.5 Å². The van der Waals surface area contributed by atoms with Crippen LogP contribution in [0.3, 0.4) is 0 Å². The van der Waals surface area contributed by atoms with E-state index in [-0.39, 0.29) is 22.8 Å². The van der Waals surface area contributed by atoms with E-state index in [9.17, 15) is 22.8 Å². The van der Waals surface area contributed by atoms with E-state index in [1.54, 1.807) is 44.4 Å². The Morgan fingerprint density at radius 3 is 2.46 bits per heavy atom. The lowest BCUT2D eigenvalue weighted by atomic mass is 10.1. The number of rotatable bonds is 5. The lowest BCUT2D eigenvalue weighted by Gasteiger charge is -2.16. The zero-order valence-electron chi connectivity index (χ0n) is 20.5. The van der Waals surface area contributed by atoms with Crippen LogP contribution in [0.4, 0.5) is 30.5 Å². The standard InChI is InChI=1S/C26H19F3N8O2/c1-14-6-7-18(33-23(38)16-4-3-5-17(8-16)26(27,28)29)9-21(14)37-15(2)20-12-32-24(35-22(20)36-25(37)39)34-19-10-30-13-31-11-19/h3-13H,1-2H3,(H,33,38)(H,34,35,36,39). The number of hydrogen-bond acceptors (Lipinski definition) is 8. The van der Waals surface area contributed by atoms with E-state index in [1.807, 2.05) is 0 Å². The van der Waals surface area contributed by atoms with Crippen molar-refractivity contribution in [2.75, 3.05) is 10.6 Å². The average Bonchev–Trinajstić information content (AvgIpc) is 2.90. The van der Waals surface area contributed by atoms with Crippen LogP contribution in [0.1, 0.15) is 27.2 Å². The van der Waals surface area contributed by atoms with Gasteiger partial charge < -0.3 is 10.6 Å². The Balaban J connectivity index is 1.48.